The molecule has 0 spiro atoms. The van der Waals surface area contributed by atoms with E-state index in [-0.39, 0.29) is 16.3 Å². The van der Waals surface area contributed by atoms with E-state index in [0.29, 0.717) is 6.29 Å². The van der Waals surface area contributed by atoms with Crippen LogP contribution in [0.3, 0.4) is 0 Å². The minimum Gasteiger partial charge on any atom is -0.503 e. The Morgan fingerprint density at radius 3 is 2.77 bits per heavy atom. The second-order valence-corrected chi connectivity index (χ2v) is 2.64. The Balaban J connectivity index is 3.45. The maximum atomic E-state index is 13.0. The van der Waals surface area contributed by atoms with Gasteiger partial charge >= 0.3 is 0 Å². The van der Waals surface area contributed by atoms with Gasteiger partial charge in [0.15, 0.2) is 23.6 Å². The molecule has 13 heavy (non-hydrogen) atoms. The Bertz CT molecular complexity index is 352. The molecule has 70 valence electrons. The van der Waals surface area contributed by atoms with Crippen molar-refractivity contribution < 1.29 is 19.0 Å². The van der Waals surface area contributed by atoms with Gasteiger partial charge in [-0.3, -0.25) is 4.79 Å². The van der Waals surface area contributed by atoms with Gasteiger partial charge in [-0.05, 0) is 6.07 Å². The quantitative estimate of drug-likeness (QED) is 0.750. The van der Waals surface area contributed by atoms with E-state index in [2.05, 4.69) is 4.74 Å². The molecule has 1 N–H and O–H groups in total. The zero-order valence-corrected chi connectivity index (χ0v) is 7.43. The van der Waals surface area contributed by atoms with E-state index in [1.807, 2.05) is 0 Å². The number of aldehydes is 1. The van der Waals surface area contributed by atoms with Gasteiger partial charge in [0.05, 0.1) is 12.1 Å². The molecule has 0 bridgehead atoms. The predicted molar refractivity (Wildman–Crippen MR) is 45.0 cm³/mol. The summed E-state index contributed by atoms with van der Waals surface area (Å²) >= 11 is 5.52. The summed E-state index contributed by atoms with van der Waals surface area (Å²) in [4.78, 5) is 10.3. The van der Waals surface area contributed by atoms with Crippen molar-refractivity contribution in [1.29, 1.82) is 0 Å². The fraction of sp³-hybridized carbons (Fsp3) is 0.125. The van der Waals surface area contributed by atoms with Gasteiger partial charge < -0.3 is 9.84 Å². The Morgan fingerprint density at radius 2 is 2.31 bits per heavy atom. The number of ether oxygens (including phenoxy) is 1. The van der Waals surface area contributed by atoms with E-state index in [9.17, 15) is 14.3 Å². The third-order valence-corrected chi connectivity index (χ3v) is 1.90. The fourth-order valence-electron chi connectivity index (χ4n) is 0.895. The van der Waals surface area contributed by atoms with Crippen LogP contribution in [0.4, 0.5) is 4.39 Å². The van der Waals surface area contributed by atoms with Crippen molar-refractivity contribution in [2.75, 3.05) is 7.11 Å². The number of hydrogen-bond donors (Lipinski definition) is 1. The summed E-state index contributed by atoms with van der Waals surface area (Å²) in [6, 6.07) is 0.897. The Morgan fingerprint density at radius 1 is 1.69 bits per heavy atom. The third kappa shape index (κ3) is 1.58. The summed E-state index contributed by atoms with van der Waals surface area (Å²) in [5, 5.41) is 9.02. The largest absolute Gasteiger partial charge is 0.503 e. The third-order valence-electron chi connectivity index (χ3n) is 1.51. The molecule has 0 aliphatic carbocycles. The second-order valence-electron chi connectivity index (χ2n) is 2.26. The number of carbonyl (C=O) groups excluding carboxylic acids is 1. The highest BCUT2D eigenvalue weighted by molar-refractivity contribution is 6.34. The molecule has 0 saturated carbocycles. The van der Waals surface area contributed by atoms with Crippen molar-refractivity contribution in [2.45, 2.75) is 0 Å². The van der Waals surface area contributed by atoms with Crippen molar-refractivity contribution in [3.63, 3.8) is 0 Å². The maximum absolute atomic E-state index is 13.0. The first-order valence-electron chi connectivity index (χ1n) is 3.32. The summed E-state index contributed by atoms with van der Waals surface area (Å²) in [6.07, 6.45) is 0.352. The topological polar surface area (TPSA) is 46.5 Å². The fourth-order valence-corrected chi connectivity index (χ4v) is 1.08. The first-order valence-corrected chi connectivity index (χ1v) is 3.69. The zero-order valence-electron chi connectivity index (χ0n) is 6.67. The van der Waals surface area contributed by atoms with Crippen molar-refractivity contribution in [2.24, 2.45) is 0 Å². The van der Waals surface area contributed by atoms with Crippen molar-refractivity contribution in [1.82, 2.24) is 0 Å². The lowest BCUT2D eigenvalue weighted by Crippen LogP contribution is -1.93. The summed E-state index contributed by atoms with van der Waals surface area (Å²) in [5.74, 6) is -1.76. The van der Waals surface area contributed by atoms with Gasteiger partial charge in [0, 0.05) is 5.56 Å². The van der Waals surface area contributed by atoms with Crippen LogP contribution in [0.25, 0.3) is 0 Å². The molecule has 0 unspecified atom stereocenters. The Labute approximate surface area is 78.7 Å². The van der Waals surface area contributed by atoms with Gasteiger partial charge in [-0.25, -0.2) is 4.39 Å². The van der Waals surface area contributed by atoms with E-state index < -0.39 is 11.6 Å². The number of halogens is 2. The molecular weight excluding hydrogens is 199 g/mol. The molecule has 0 fully saturated rings. The van der Waals surface area contributed by atoms with Gasteiger partial charge in [-0.1, -0.05) is 11.6 Å². The van der Waals surface area contributed by atoms with Gasteiger partial charge in [0.25, 0.3) is 0 Å². The summed E-state index contributed by atoms with van der Waals surface area (Å²) in [6.45, 7) is 0. The molecule has 3 nitrogen and oxygen atoms in total. The molecule has 0 heterocycles. The predicted octanol–water partition coefficient (Wildman–Crippen LogP) is 2.01. The smallest absolute Gasteiger partial charge is 0.198 e. The van der Waals surface area contributed by atoms with Crippen LogP contribution < -0.4 is 4.74 Å². The number of carbonyl (C=O) groups is 1. The van der Waals surface area contributed by atoms with Crippen LogP contribution in [0.15, 0.2) is 6.07 Å². The number of benzene rings is 1. The molecule has 1 rings (SSSR count). The van der Waals surface area contributed by atoms with Crippen LogP contribution in [0.2, 0.25) is 5.02 Å². The lowest BCUT2D eigenvalue weighted by atomic mass is 10.2. The Kier molecular flexibility index (Phi) is 2.72. The normalized spacial score (nSPS) is 9.77. The molecule has 0 atom stereocenters. The lowest BCUT2D eigenvalue weighted by Gasteiger charge is -2.07. The van der Waals surface area contributed by atoms with E-state index in [4.69, 9.17) is 11.6 Å². The first kappa shape index (κ1) is 9.80. The summed E-state index contributed by atoms with van der Waals surface area (Å²) in [7, 11) is 1.19. The Hall–Kier alpha value is -1.29. The van der Waals surface area contributed by atoms with Gasteiger partial charge in [0.2, 0.25) is 0 Å². The van der Waals surface area contributed by atoms with Gasteiger partial charge in [-0.15, -0.1) is 0 Å². The average molecular weight is 205 g/mol. The molecule has 0 aromatic heterocycles. The van der Waals surface area contributed by atoms with Crippen LogP contribution in [0, 0.1) is 5.82 Å². The van der Waals surface area contributed by atoms with E-state index in [1.165, 1.54) is 7.11 Å². The zero-order chi connectivity index (χ0) is 10.0. The average Bonchev–Trinajstić information content (AvgIpc) is 2.12. The van der Waals surface area contributed by atoms with E-state index >= 15 is 0 Å². The highest BCUT2D eigenvalue weighted by atomic mass is 35.5. The highest BCUT2D eigenvalue weighted by Gasteiger charge is 2.16. The van der Waals surface area contributed by atoms with Gasteiger partial charge in [-0.2, -0.15) is 0 Å². The number of hydrogen-bond acceptors (Lipinski definition) is 3. The first-order chi connectivity index (χ1) is 6.11. The molecule has 1 aromatic carbocycles. The minimum absolute atomic E-state index is 0.113. The summed E-state index contributed by atoms with van der Waals surface area (Å²) in [5.41, 5.74) is -0.113. The standard InChI is InChI=1S/C8H6ClFO3/c1-13-8-5(10)2-4(3-11)6(9)7(8)12/h2-3,12H,1H3. The molecule has 1 aromatic rings. The van der Waals surface area contributed by atoms with E-state index in [1.54, 1.807) is 0 Å². The SMILES string of the molecule is COc1c(F)cc(C=O)c(Cl)c1O. The molecule has 0 aliphatic rings. The van der Waals surface area contributed by atoms with Crippen LogP contribution in [0.1, 0.15) is 10.4 Å². The van der Waals surface area contributed by atoms with Gasteiger partial charge in [0.1, 0.15) is 0 Å². The second kappa shape index (κ2) is 3.62. The van der Waals surface area contributed by atoms with E-state index in [0.717, 1.165) is 6.07 Å². The minimum atomic E-state index is -0.827. The number of rotatable bonds is 2. The highest BCUT2D eigenvalue weighted by Crippen LogP contribution is 2.37. The maximum Gasteiger partial charge on any atom is 0.198 e. The van der Waals surface area contributed by atoms with Crippen LogP contribution in [0.5, 0.6) is 11.5 Å². The molecule has 0 saturated heterocycles. The molecule has 0 amide bonds. The number of methoxy groups -OCH3 is 1. The van der Waals surface area contributed by atoms with Crippen molar-refractivity contribution >= 4 is 17.9 Å². The number of aromatic hydroxyl groups is 1. The monoisotopic (exact) mass is 204 g/mol. The van der Waals surface area contributed by atoms with Crippen molar-refractivity contribution in [3.8, 4) is 11.5 Å². The summed E-state index contributed by atoms with van der Waals surface area (Å²) < 4.78 is 17.5. The van der Waals surface area contributed by atoms with Crippen molar-refractivity contribution in [3.05, 3.63) is 22.5 Å². The number of phenolic OH excluding ortho intramolecular Hbond substituents is 1. The van der Waals surface area contributed by atoms with Crippen LogP contribution in [-0.2, 0) is 0 Å². The lowest BCUT2D eigenvalue weighted by molar-refractivity contribution is 0.112. The van der Waals surface area contributed by atoms with Crippen LogP contribution >= 0.6 is 11.6 Å². The molecule has 0 aliphatic heterocycles. The molecule has 0 radical (unpaired) electrons. The molecular formula is C8H6ClFO3. The molecule has 5 heteroatoms. The number of phenols is 1. The van der Waals surface area contributed by atoms with Crippen LogP contribution in [-0.4, -0.2) is 18.5 Å².